The second-order valence-corrected chi connectivity index (χ2v) is 7.65. The fourth-order valence-electron chi connectivity index (χ4n) is 3.87. The first kappa shape index (κ1) is 21.3. The van der Waals surface area contributed by atoms with Gasteiger partial charge in [0.1, 0.15) is 6.04 Å². The van der Waals surface area contributed by atoms with E-state index in [-0.39, 0.29) is 17.9 Å². The Morgan fingerprint density at radius 2 is 1.65 bits per heavy atom. The van der Waals surface area contributed by atoms with Crippen molar-refractivity contribution in [1.29, 1.82) is 0 Å². The molecule has 0 saturated heterocycles. The third-order valence-corrected chi connectivity index (χ3v) is 5.56. The first-order valence-electron chi connectivity index (χ1n) is 10.8. The molecule has 0 spiro atoms. The van der Waals surface area contributed by atoms with Crippen molar-refractivity contribution in [2.24, 2.45) is 0 Å². The maximum atomic E-state index is 12.9. The van der Waals surface area contributed by atoms with Crippen LogP contribution in [0.4, 0.5) is 11.9 Å². The number of nitrogens with one attached hydrogen (secondary N) is 2. The van der Waals surface area contributed by atoms with Gasteiger partial charge in [-0.3, -0.25) is 10.1 Å². The first-order valence-corrected chi connectivity index (χ1v) is 10.8. The molecule has 0 saturated carbocycles. The molecule has 8 nitrogen and oxygen atoms in total. The normalized spacial score (nSPS) is 14.4. The van der Waals surface area contributed by atoms with Gasteiger partial charge in [-0.15, -0.1) is 5.10 Å². The SMILES string of the molecule is COc1ccc(C(=O)Nc2nc3n(n2)[C@H](c2ccccc2)C=C(c2ccccc2)N3)cc1OC. The Hall–Kier alpha value is -4.59. The van der Waals surface area contributed by atoms with Crippen LogP contribution in [-0.2, 0) is 0 Å². The maximum absolute atomic E-state index is 12.9. The Morgan fingerprint density at radius 3 is 2.35 bits per heavy atom. The third kappa shape index (κ3) is 4.09. The molecule has 34 heavy (non-hydrogen) atoms. The van der Waals surface area contributed by atoms with Crippen LogP contribution in [0.25, 0.3) is 5.70 Å². The Labute approximate surface area is 196 Å². The number of allylic oxidation sites excluding steroid dienone is 1. The molecule has 1 amide bonds. The zero-order valence-electron chi connectivity index (χ0n) is 18.7. The molecule has 1 aliphatic rings. The predicted molar refractivity (Wildman–Crippen MR) is 130 cm³/mol. The highest BCUT2D eigenvalue weighted by Crippen LogP contribution is 2.33. The van der Waals surface area contributed by atoms with Gasteiger partial charge in [0.2, 0.25) is 5.95 Å². The van der Waals surface area contributed by atoms with Gasteiger partial charge in [-0.1, -0.05) is 60.7 Å². The number of rotatable bonds is 6. The van der Waals surface area contributed by atoms with Crippen LogP contribution in [0.3, 0.4) is 0 Å². The Bertz CT molecular complexity index is 1350. The second kappa shape index (κ2) is 9.11. The van der Waals surface area contributed by atoms with E-state index in [1.54, 1.807) is 30.0 Å². The van der Waals surface area contributed by atoms with Gasteiger partial charge in [0.25, 0.3) is 11.9 Å². The number of anilines is 2. The number of methoxy groups -OCH3 is 2. The van der Waals surface area contributed by atoms with Crippen LogP contribution in [0.2, 0.25) is 0 Å². The van der Waals surface area contributed by atoms with Gasteiger partial charge in [0.05, 0.1) is 14.2 Å². The van der Waals surface area contributed by atoms with Crippen molar-refractivity contribution in [1.82, 2.24) is 14.8 Å². The Morgan fingerprint density at radius 1 is 0.941 bits per heavy atom. The second-order valence-electron chi connectivity index (χ2n) is 7.65. The van der Waals surface area contributed by atoms with Gasteiger partial charge in [0.15, 0.2) is 11.5 Å². The van der Waals surface area contributed by atoms with E-state index in [1.165, 1.54) is 7.11 Å². The highest BCUT2D eigenvalue weighted by atomic mass is 16.5. The van der Waals surface area contributed by atoms with E-state index in [0.29, 0.717) is 23.0 Å². The van der Waals surface area contributed by atoms with Gasteiger partial charge < -0.3 is 14.8 Å². The van der Waals surface area contributed by atoms with E-state index in [2.05, 4.69) is 26.8 Å². The third-order valence-electron chi connectivity index (χ3n) is 5.56. The molecule has 1 aromatic heterocycles. The first-order chi connectivity index (χ1) is 16.7. The minimum Gasteiger partial charge on any atom is -0.493 e. The van der Waals surface area contributed by atoms with E-state index < -0.39 is 0 Å². The van der Waals surface area contributed by atoms with E-state index in [0.717, 1.165) is 16.8 Å². The number of benzene rings is 3. The van der Waals surface area contributed by atoms with Gasteiger partial charge in [0, 0.05) is 11.3 Å². The zero-order valence-corrected chi connectivity index (χ0v) is 18.7. The maximum Gasteiger partial charge on any atom is 0.258 e. The molecule has 1 atom stereocenters. The minimum absolute atomic E-state index is 0.188. The lowest BCUT2D eigenvalue weighted by molar-refractivity contribution is 0.102. The summed E-state index contributed by atoms with van der Waals surface area (Å²) < 4.78 is 12.3. The molecule has 0 bridgehead atoms. The van der Waals surface area contributed by atoms with Crippen LogP contribution in [0.15, 0.2) is 84.9 Å². The molecule has 170 valence electrons. The van der Waals surface area contributed by atoms with Crippen molar-refractivity contribution in [2.75, 3.05) is 24.9 Å². The summed E-state index contributed by atoms with van der Waals surface area (Å²) in [6, 6.07) is 24.8. The van der Waals surface area contributed by atoms with Crippen LogP contribution in [-0.4, -0.2) is 34.9 Å². The average molecular weight is 454 g/mol. The molecule has 0 radical (unpaired) electrons. The van der Waals surface area contributed by atoms with E-state index >= 15 is 0 Å². The number of ether oxygens (including phenoxy) is 2. The number of carbonyl (C=O) groups is 1. The van der Waals surface area contributed by atoms with Crippen molar-refractivity contribution in [3.05, 3.63) is 102 Å². The molecule has 0 unspecified atom stereocenters. The van der Waals surface area contributed by atoms with Crippen molar-refractivity contribution in [2.45, 2.75) is 6.04 Å². The van der Waals surface area contributed by atoms with Crippen molar-refractivity contribution in [3.8, 4) is 11.5 Å². The molecule has 5 rings (SSSR count). The van der Waals surface area contributed by atoms with Crippen LogP contribution in [0.1, 0.15) is 27.5 Å². The van der Waals surface area contributed by atoms with Gasteiger partial charge in [-0.25, -0.2) is 4.68 Å². The van der Waals surface area contributed by atoms with Crippen molar-refractivity contribution >= 4 is 23.5 Å². The van der Waals surface area contributed by atoms with Crippen molar-refractivity contribution in [3.63, 3.8) is 0 Å². The average Bonchev–Trinajstić information content (AvgIpc) is 3.30. The summed E-state index contributed by atoms with van der Waals surface area (Å²) in [4.78, 5) is 17.5. The number of amides is 1. The van der Waals surface area contributed by atoms with Gasteiger partial charge in [-0.05, 0) is 35.4 Å². The number of fused-ring (bicyclic) bond motifs is 1. The smallest absolute Gasteiger partial charge is 0.258 e. The van der Waals surface area contributed by atoms with Crippen LogP contribution in [0.5, 0.6) is 11.5 Å². The number of aromatic nitrogens is 3. The van der Waals surface area contributed by atoms with E-state index in [9.17, 15) is 4.79 Å². The molecule has 4 aromatic rings. The number of hydrogen-bond acceptors (Lipinski definition) is 6. The van der Waals surface area contributed by atoms with Crippen molar-refractivity contribution < 1.29 is 14.3 Å². The highest BCUT2D eigenvalue weighted by molar-refractivity contribution is 6.03. The predicted octanol–water partition coefficient (Wildman–Crippen LogP) is 4.60. The topological polar surface area (TPSA) is 90.3 Å². The molecular formula is C26H23N5O3. The Balaban J connectivity index is 1.46. The van der Waals surface area contributed by atoms with Crippen LogP contribution < -0.4 is 20.1 Å². The summed E-state index contributed by atoms with van der Waals surface area (Å²) in [5.74, 6) is 1.40. The largest absolute Gasteiger partial charge is 0.493 e. The molecule has 2 heterocycles. The number of hydrogen-bond donors (Lipinski definition) is 2. The van der Waals surface area contributed by atoms with Crippen LogP contribution in [0, 0.1) is 0 Å². The molecule has 2 N–H and O–H groups in total. The number of carbonyl (C=O) groups excluding carboxylic acids is 1. The van der Waals surface area contributed by atoms with Crippen LogP contribution >= 0.6 is 0 Å². The molecule has 1 aliphatic heterocycles. The Kier molecular flexibility index (Phi) is 5.70. The van der Waals surface area contributed by atoms with E-state index in [4.69, 9.17) is 9.47 Å². The summed E-state index contributed by atoms with van der Waals surface area (Å²) >= 11 is 0. The minimum atomic E-state index is -0.351. The molecule has 0 fully saturated rings. The number of nitrogens with zero attached hydrogens (tertiary/aromatic N) is 3. The van der Waals surface area contributed by atoms with E-state index in [1.807, 2.05) is 60.7 Å². The summed E-state index contributed by atoms with van der Waals surface area (Å²) in [6.07, 6.45) is 2.10. The monoisotopic (exact) mass is 453 g/mol. The molecule has 8 heteroatoms. The lowest BCUT2D eigenvalue weighted by Crippen LogP contribution is -2.20. The quantitative estimate of drug-likeness (QED) is 0.443. The summed E-state index contributed by atoms with van der Waals surface area (Å²) in [5, 5.41) is 10.7. The van der Waals surface area contributed by atoms with Gasteiger partial charge >= 0.3 is 0 Å². The fourth-order valence-corrected chi connectivity index (χ4v) is 3.87. The van der Waals surface area contributed by atoms with Gasteiger partial charge in [-0.2, -0.15) is 4.98 Å². The lowest BCUT2D eigenvalue weighted by atomic mass is 10.0. The standard InChI is InChI=1S/C26H23N5O3/c1-33-22-14-13-19(15-23(22)34-2)24(32)28-25-29-26-27-20(17-9-5-3-6-10-17)16-21(31(26)30-25)18-11-7-4-8-12-18/h3-16,21H,1-2H3,(H2,27,28,29,30,32)/t21-/m0/s1. The lowest BCUT2D eigenvalue weighted by Gasteiger charge is -2.24. The highest BCUT2D eigenvalue weighted by Gasteiger charge is 2.26. The molecule has 3 aromatic carbocycles. The summed E-state index contributed by atoms with van der Waals surface area (Å²) in [7, 11) is 3.07. The molecule has 0 aliphatic carbocycles. The molecular weight excluding hydrogens is 430 g/mol. The summed E-state index contributed by atoms with van der Waals surface area (Å²) in [5.41, 5.74) is 3.42. The zero-order chi connectivity index (χ0) is 23.5. The summed E-state index contributed by atoms with van der Waals surface area (Å²) in [6.45, 7) is 0. The fraction of sp³-hybridized carbons (Fsp3) is 0.115.